The van der Waals surface area contributed by atoms with Crippen molar-refractivity contribution in [2.75, 3.05) is 0 Å². The van der Waals surface area contributed by atoms with Crippen LogP contribution in [0.25, 0.3) is 0 Å². The zero-order valence-corrected chi connectivity index (χ0v) is 10.5. The molecule has 0 aliphatic rings. The fourth-order valence-electron chi connectivity index (χ4n) is 1.70. The van der Waals surface area contributed by atoms with E-state index in [1.165, 1.54) is 0 Å². The lowest BCUT2D eigenvalue weighted by Gasteiger charge is -2.07. The monoisotopic (exact) mass is 241 g/mol. The Bertz CT molecular complexity index is 550. The van der Waals surface area contributed by atoms with Gasteiger partial charge in [-0.25, -0.2) is 4.79 Å². The van der Waals surface area contributed by atoms with E-state index in [4.69, 9.17) is 4.74 Å². The Balaban J connectivity index is 2.04. The third kappa shape index (κ3) is 2.94. The average Bonchev–Trinajstić information content (AvgIpc) is 2.37. The maximum absolute atomic E-state index is 11.9. The molecule has 1 aromatic heterocycles. The molecule has 0 unspecified atom stereocenters. The number of carbonyl (C=O) groups excluding carboxylic acids is 1. The Hall–Kier alpha value is -2.16. The third-order valence-corrected chi connectivity index (χ3v) is 2.66. The molecule has 1 aromatic carbocycles. The first-order valence-corrected chi connectivity index (χ1v) is 5.82. The highest BCUT2D eigenvalue weighted by Crippen LogP contribution is 2.10. The number of ether oxygens (including phenoxy) is 1. The fraction of sp³-hybridized carbons (Fsp3) is 0.200. The predicted octanol–water partition coefficient (Wildman–Crippen LogP) is 3.06. The van der Waals surface area contributed by atoms with E-state index in [2.05, 4.69) is 4.98 Å². The molecule has 1 heterocycles. The number of carbonyl (C=O) groups is 1. The molecule has 0 radical (unpaired) electrons. The first-order chi connectivity index (χ1) is 8.66. The van der Waals surface area contributed by atoms with Crippen LogP contribution in [0.1, 0.15) is 27.3 Å². The van der Waals surface area contributed by atoms with Gasteiger partial charge in [0.05, 0.1) is 11.3 Å². The molecular formula is C15H15NO2. The number of aromatic nitrogens is 1. The summed E-state index contributed by atoms with van der Waals surface area (Å²) >= 11 is 0. The molecule has 18 heavy (non-hydrogen) atoms. The van der Waals surface area contributed by atoms with Crippen molar-refractivity contribution in [3.63, 3.8) is 0 Å². The molecule has 92 valence electrons. The molecule has 0 bridgehead atoms. The summed E-state index contributed by atoms with van der Waals surface area (Å²) in [4.78, 5) is 16.1. The van der Waals surface area contributed by atoms with Gasteiger partial charge in [-0.1, -0.05) is 30.3 Å². The number of hydrogen-bond acceptors (Lipinski definition) is 3. The van der Waals surface area contributed by atoms with Crippen molar-refractivity contribution in [3.8, 4) is 0 Å². The molecule has 0 aliphatic carbocycles. The highest BCUT2D eigenvalue weighted by atomic mass is 16.5. The van der Waals surface area contributed by atoms with Crippen LogP contribution in [0.15, 0.2) is 42.5 Å². The molecule has 0 N–H and O–H groups in total. The maximum Gasteiger partial charge on any atom is 0.340 e. The van der Waals surface area contributed by atoms with Gasteiger partial charge in [0.15, 0.2) is 0 Å². The number of aryl methyl sites for hydroxylation is 2. The van der Waals surface area contributed by atoms with Gasteiger partial charge in [0, 0.05) is 5.69 Å². The number of nitrogens with zero attached hydrogens (tertiary/aromatic N) is 1. The lowest BCUT2D eigenvalue weighted by Crippen LogP contribution is -2.08. The number of hydrogen-bond donors (Lipinski definition) is 0. The second-order valence-electron chi connectivity index (χ2n) is 4.15. The van der Waals surface area contributed by atoms with E-state index in [1.54, 1.807) is 6.07 Å². The second kappa shape index (κ2) is 5.45. The van der Waals surface area contributed by atoms with Crippen LogP contribution in [0.5, 0.6) is 0 Å². The normalized spacial score (nSPS) is 10.1. The van der Waals surface area contributed by atoms with Gasteiger partial charge in [-0.2, -0.15) is 0 Å². The van der Waals surface area contributed by atoms with Gasteiger partial charge in [0.1, 0.15) is 6.61 Å². The summed E-state index contributed by atoms with van der Waals surface area (Å²) in [6.07, 6.45) is 0. The minimum atomic E-state index is -0.330. The first-order valence-electron chi connectivity index (χ1n) is 5.82. The average molecular weight is 241 g/mol. The molecule has 3 heteroatoms. The van der Waals surface area contributed by atoms with E-state index >= 15 is 0 Å². The van der Waals surface area contributed by atoms with Gasteiger partial charge in [-0.15, -0.1) is 0 Å². The summed E-state index contributed by atoms with van der Waals surface area (Å²) in [6.45, 7) is 3.99. The standard InChI is InChI=1S/C15H15NO2/c1-11-8-9-14(12(2)16-11)15(17)18-10-13-6-4-3-5-7-13/h3-9H,10H2,1-2H3. The van der Waals surface area contributed by atoms with Crippen LogP contribution in [0, 0.1) is 13.8 Å². The molecule has 0 saturated heterocycles. The van der Waals surface area contributed by atoms with Crippen molar-refractivity contribution < 1.29 is 9.53 Å². The summed E-state index contributed by atoms with van der Waals surface area (Å²) in [5.41, 5.74) is 3.10. The maximum atomic E-state index is 11.9. The topological polar surface area (TPSA) is 39.2 Å². The highest BCUT2D eigenvalue weighted by molar-refractivity contribution is 5.90. The van der Waals surface area contributed by atoms with Crippen LogP contribution >= 0.6 is 0 Å². The van der Waals surface area contributed by atoms with E-state index in [9.17, 15) is 4.79 Å². The third-order valence-electron chi connectivity index (χ3n) is 2.66. The van der Waals surface area contributed by atoms with Crippen LogP contribution in [-0.2, 0) is 11.3 Å². The van der Waals surface area contributed by atoms with Gasteiger partial charge in [0.25, 0.3) is 0 Å². The number of benzene rings is 1. The van der Waals surface area contributed by atoms with E-state index in [-0.39, 0.29) is 12.6 Å². The molecular weight excluding hydrogens is 226 g/mol. The predicted molar refractivity (Wildman–Crippen MR) is 69.3 cm³/mol. The number of esters is 1. The van der Waals surface area contributed by atoms with Crippen molar-refractivity contribution >= 4 is 5.97 Å². The largest absolute Gasteiger partial charge is 0.457 e. The van der Waals surface area contributed by atoms with Gasteiger partial charge >= 0.3 is 5.97 Å². The van der Waals surface area contributed by atoms with Crippen LogP contribution < -0.4 is 0 Å². The summed E-state index contributed by atoms with van der Waals surface area (Å²) in [6, 6.07) is 13.2. The quantitative estimate of drug-likeness (QED) is 0.775. The van der Waals surface area contributed by atoms with Gasteiger partial charge in [-0.3, -0.25) is 4.98 Å². The molecule has 0 aliphatic heterocycles. The zero-order chi connectivity index (χ0) is 13.0. The van der Waals surface area contributed by atoms with E-state index in [0.717, 1.165) is 11.3 Å². The smallest absolute Gasteiger partial charge is 0.340 e. The lowest BCUT2D eigenvalue weighted by atomic mass is 10.2. The van der Waals surface area contributed by atoms with Crippen molar-refractivity contribution in [2.45, 2.75) is 20.5 Å². The van der Waals surface area contributed by atoms with Crippen molar-refractivity contribution in [1.82, 2.24) is 4.98 Å². The van der Waals surface area contributed by atoms with Crippen LogP contribution in [0.2, 0.25) is 0 Å². The minimum absolute atomic E-state index is 0.285. The molecule has 3 nitrogen and oxygen atoms in total. The minimum Gasteiger partial charge on any atom is -0.457 e. The van der Waals surface area contributed by atoms with Crippen LogP contribution in [0.4, 0.5) is 0 Å². The van der Waals surface area contributed by atoms with E-state index in [1.807, 2.05) is 50.2 Å². The van der Waals surface area contributed by atoms with Crippen molar-refractivity contribution in [3.05, 3.63) is 65.0 Å². The highest BCUT2D eigenvalue weighted by Gasteiger charge is 2.11. The van der Waals surface area contributed by atoms with E-state index < -0.39 is 0 Å². The Morgan fingerprint density at radius 3 is 2.50 bits per heavy atom. The van der Waals surface area contributed by atoms with Gasteiger partial charge in [0.2, 0.25) is 0 Å². The lowest BCUT2D eigenvalue weighted by molar-refractivity contribution is 0.0471. The Morgan fingerprint density at radius 1 is 1.11 bits per heavy atom. The van der Waals surface area contributed by atoms with Gasteiger partial charge < -0.3 is 4.74 Å². The second-order valence-corrected chi connectivity index (χ2v) is 4.15. The zero-order valence-electron chi connectivity index (χ0n) is 10.5. The molecule has 2 aromatic rings. The molecule has 0 fully saturated rings. The Kier molecular flexibility index (Phi) is 3.72. The first kappa shape index (κ1) is 12.3. The molecule has 0 saturated carbocycles. The molecule has 2 rings (SSSR count). The van der Waals surface area contributed by atoms with E-state index in [0.29, 0.717) is 11.3 Å². The Labute approximate surface area is 106 Å². The number of pyridine rings is 1. The molecule has 0 amide bonds. The fourth-order valence-corrected chi connectivity index (χ4v) is 1.70. The van der Waals surface area contributed by atoms with Crippen molar-refractivity contribution in [2.24, 2.45) is 0 Å². The summed E-state index contributed by atoms with van der Waals surface area (Å²) in [5, 5.41) is 0. The van der Waals surface area contributed by atoms with Gasteiger partial charge in [-0.05, 0) is 31.5 Å². The van der Waals surface area contributed by atoms with Crippen LogP contribution in [0.3, 0.4) is 0 Å². The molecule has 0 spiro atoms. The summed E-state index contributed by atoms with van der Waals surface area (Å²) in [7, 11) is 0. The van der Waals surface area contributed by atoms with Crippen molar-refractivity contribution in [1.29, 1.82) is 0 Å². The molecule has 0 atom stereocenters. The Morgan fingerprint density at radius 2 is 1.83 bits per heavy atom. The number of rotatable bonds is 3. The van der Waals surface area contributed by atoms with Crippen LogP contribution in [-0.4, -0.2) is 11.0 Å². The summed E-state index contributed by atoms with van der Waals surface area (Å²) in [5.74, 6) is -0.330. The SMILES string of the molecule is Cc1ccc(C(=O)OCc2ccccc2)c(C)n1. The summed E-state index contributed by atoms with van der Waals surface area (Å²) < 4.78 is 5.26.